The van der Waals surface area contributed by atoms with E-state index in [-0.39, 0.29) is 4.90 Å². The van der Waals surface area contributed by atoms with Crippen molar-refractivity contribution in [3.8, 4) is 0 Å². The van der Waals surface area contributed by atoms with E-state index in [1.165, 1.54) is 25.0 Å². The van der Waals surface area contributed by atoms with Crippen LogP contribution < -0.4 is 0 Å². The summed E-state index contributed by atoms with van der Waals surface area (Å²) in [6.07, 6.45) is 5.39. The molecule has 3 nitrogen and oxygen atoms in total. The molecule has 0 atom stereocenters. The molecule has 4 heteroatoms. The first kappa shape index (κ1) is 13.2. The van der Waals surface area contributed by atoms with Crippen LogP contribution >= 0.6 is 0 Å². The predicted molar refractivity (Wildman–Crippen MR) is 62.2 cm³/mol. The third-order valence-corrected chi connectivity index (χ3v) is 3.34. The Balaban J connectivity index is 2.62. The second-order valence-corrected chi connectivity index (χ2v) is 5.29. The average Bonchev–Trinajstić information content (AvgIpc) is 2.24. The normalized spacial score (nSPS) is 11.6. The zero-order chi connectivity index (χ0) is 12.0. The van der Waals surface area contributed by atoms with E-state index in [0.717, 1.165) is 24.8 Å². The highest BCUT2D eigenvalue weighted by atomic mass is 32.2. The standard InChI is InChI=1S/C12H17O3S/c1-2-3-4-5-7-11-8-6-9-12(10-11)16(13,14)15/h6,8-10H,2-5,7H2,1H3. The Bertz CT molecular complexity index is 424. The summed E-state index contributed by atoms with van der Waals surface area (Å²) in [4.78, 5) is -0.125. The van der Waals surface area contributed by atoms with E-state index >= 15 is 0 Å². The summed E-state index contributed by atoms with van der Waals surface area (Å²) >= 11 is 0. The first-order valence-electron chi connectivity index (χ1n) is 5.59. The van der Waals surface area contributed by atoms with Gasteiger partial charge in [0.1, 0.15) is 0 Å². The molecule has 1 radical (unpaired) electrons. The van der Waals surface area contributed by atoms with Crippen molar-refractivity contribution < 1.29 is 13.0 Å². The number of hydrogen-bond donors (Lipinski definition) is 0. The number of rotatable bonds is 6. The zero-order valence-corrected chi connectivity index (χ0v) is 10.3. The first-order valence-corrected chi connectivity index (χ1v) is 6.99. The minimum atomic E-state index is -4.31. The average molecular weight is 241 g/mol. The molecular formula is C12H17O3S. The van der Waals surface area contributed by atoms with E-state index in [2.05, 4.69) is 6.92 Å². The Labute approximate surface area is 97.2 Å². The summed E-state index contributed by atoms with van der Waals surface area (Å²) in [5.74, 6) is 0. The minimum Gasteiger partial charge on any atom is -0.192 e. The molecule has 0 spiro atoms. The highest BCUT2D eigenvalue weighted by Gasteiger charge is 2.11. The van der Waals surface area contributed by atoms with Gasteiger partial charge >= 0.3 is 10.1 Å². The van der Waals surface area contributed by atoms with E-state index < -0.39 is 10.1 Å². The van der Waals surface area contributed by atoms with Crippen molar-refractivity contribution in [3.05, 3.63) is 29.8 Å². The molecule has 0 aliphatic heterocycles. The number of aryl methyl sites for hydroxylation is 1. The molecule has 0 bridgehead atoms. The van der Waals surface area contributed by atoms with Gasteiger partial charge in [0.2, 0.25) is 0 Å². The molecular weight excluding hydrogens is 224 g/mol. The fraction of sp³-hybridized carbons (Fsp3) is 0.500. The molecule has 0 saturated carbocycles. The molecule has 0 fully saturated rings. The number of unbranched alkanes of at least 4 members (excludes halogenated alkanes) is 3. The predicted octanol–water partition coefficient (Wildman–Crippen LogP) is 2.93. The van der Waals surface area contributed by atoms with Crippen LogP contribution in [0.3, 0.4) is 0 Å². The maximum Gasteiger partial charge on any atom is 0.324 e. The quantitative estimate of drug-likeness (QED) is 0.719. The third-order valence-electron chi connectivity index (χ3n) is 2.51. The van der Waals surface area contributed by atoms with Gasteiger partial charge in [-0.1, -0.05) is 42.9 Å². The molecule has 0 heterocycles. The van der Waals surface area contributed by atoms with Gasteiger partial charge in [0, 0.05) is 0 Å². The minimum absolute atomic E-state index is 0.125. The van der Waals surface area contributed by atoms with Gasteiger partial charge in [0.05, 0.1) is 4.90 Å². The van der Waals surface area contributed by atoms with Crippen molar-refractivity contribution in [2.24, 2.45) is 0 Å². The fourth-order valence-corrected chi connectivity index (χ4v) is 2.15. The Morgan fingerprint density at radius 1 is 1.12 bits per heavy atom. The summed E-state index contributed by atoms with van der Waals surface area (Å²) in [6.45, 7) is 2.14. The van der Waals surface area contributed by atoms with E-state index in [1.807, 2.05) is 6.07 Å². The largest absolute Gasteiger partial charge is 0.324 e. The summed E-state index contributed by atoms with van der Waals surface area (Å²) < 4.78 is 32.4. The van der Waals surface area contributed by atoms with Crippen molar-refractivity contribution in [2.45, 2.75) is 43.9 Å². The molecule has 0 aliphatic carbocycles. The van der Waals surface area contributed by atoms with E-state index in [0.29, 0.717) is 0 Å². The van der Waals surface area contributed by atoms with Gasteiger partial charge in [-0.25, -0.2) is 0 Å². The van der Waals surface area contributed by atoms with E-state index in [1.54, 1.807) is 6.07 Å². The van der Waals surface area contributed by atoms with Crippen LogP contribution in [0.5, 0.6) is 0 Å². The molecule has 16 heavy (non-hydrogen) atoms. The lowest BCUT2D eigenvalue weighted by Crippen LogP contribution is -1.97. The second kappa shape index (κ2) is 6.01. The summed E-state index contributed by atoms with van der Waals surface area (Å²) in [5.41, 5.74) is 0.924. The molecule has 89 valence electrons. The smallest absolute Gasteiger partial charge is 0.192 e. The maximum atomic E-state index is 10.8. The lowest BCUT2D eigenvalue weighted by molar-refractivity contribution is 0.414. The molecule has 0 unspecified atom stereocenters. The molecule has 0 amide bonds. The van der Waals surface area contributed by atoms with Crippen LogP contribution in [0.4, 0.5) is 0 Å². The monoisotopic (exact) mass is 241 g/mol. The molecule has 0 saturated heterocycles. The van der Waals surface area contributed by atoms with Crippen LogP contribution in [0.2, 0.25) is 0 Å². The lowest BCUT2D eigenvalue weighted by Gasteiger charge is -2.02. The van der Waals surface area contributed by atoms with Gasteiger partial charge in [-0.3, -0.25) is 0 Å². The summed E-state index contributed by atoms with van der Waals surface area (Å²) in [6, 6.07) is 6.31. The molecule has 1 aromatic rings. The highest BCUT2D eigenvalue weighted by Crippen LogP contribution is 2.14. The molecule has 0 aromatic heterocycles. The van der Waals surface area contributed by atoms with Crippen molar-refractivity contribution in [1.29, 1.82) is 0 Å². The van der Waals surface area contributed by atoms with E-state index in [9.17, 15) is 13.0 Å². The van der Waals surface area contributed by atoms with Gasteiger partial charge in [-0.2, -0.15) is 8.42 Å². The zero-order valence-electron chi connectivity index (χ0n) is 9.48. The van der Waals surface area contributed by atoms with Gasteiger partial charge in [0.25, 0.3) is 0 Å². The third kappa shape index (κ3) is 4.33. The Kier molecular flexibility index (Phi) is 4.96. The highest BCUT2D eigenvalue weighted by molar-refractivity contribution is 7.85. The Morgan fingerprint density at radius 2 is 1.88 bits per heavy atom. The van der Waals surface area contributed by atoms with Crippen molar-refractivity contribution in [2.75, 3.05) is 0 Å². The van der Waals surface area contributed by atoms with Crippen LogP contribution in [-0.2, 0) is 21.1 Å². The number of hydrogen-bond acceptors (Lipinski definition) is 2. The van der Waals surface area contributed by atoms with Gasteiger partial charge in [0.15, 0.2) is 0 Å². The summed E-state index contributed by atoms with van der Waals surface area (Å²) in [5, 5.41) is 0. The maximum absolute atomic E-state index is 10.8. The summed E-state index contributed by atoms with van der Waals surface area (Å²) in [7, 11) is -4.31. The van der Waals surface area contributed by atoms with Crippen LogP contribution in [0.25, 0.3) is 0 Å². The number of benzene rings is 1. The van der Waals surface area contributed by atoms with Crippen molar-refractivity contribution in [3.63, 3.8) is 0 Å². The molecule has 0 aliphatic rings. The van der Waals surface area contributed by atoms with E-state index in [4.69, 9.17) is 0 Å². The second-order valence-electron chi connectivity index (χ2n) is 3.91. The van der Waals surface area contributed by atoms with Gasteiger partial charge < -0.3 is 0 Å². The van der Waals surface area contributed by atoms with Crippen LogP contribution in [-0.4, -0.2) is 8.42 Å². The molecule has 1 aromatic carbocycles. The van der Waals surface area contributed by atoms with Crippen molar-refractivity contribution >= 4 is 10.1 Å². The Hall–Kier alpha value is -0.870. The molecule has 0 N–H and O–H groups in total. The van der Waals surface area contributed by atoms with Crippen LogP contribution in [0.15, 0.2) is 29.2 Å². The lowest BCUT2D eigenvalue weighted by atomic mass is 10.1. The van der Waals surface area contributed by atoms with Crippen LogP contribution in [0.1, 0.15) is 38.2 Å². The van der Waals surface area contributed by atoms with Gasteiger partial charge in [-0.05, 0) is 30.5 Å². The SMILES string of the molecule is CCCCCCc1cccc(S([O])(=O)=O)c1. The fourth-order valence-electron chi connectivity index (χ4n) is 1.61. The topological polar surface area (TPSA) is 54.0 Å². The van der Waals surface area contributed by atoms with Gasteiger partial charge in [-0.15, -0.1) is 0 Å². The molecule has 1 rings (SSSR count). The van der Waals surface area contributed by atoms with Crippen molar-refractivity contribution in [1.82, 2.24) is 0 Å². The Morgan fingerprint density at radius 3 is 2.50 bits per heavy atom. The van der Waals surface area contributed by atoms with Crippen LogP contribution in [0, 0.1) is 0 Å². The first-order chi connectivity index (χ1) is 7.54.